The van der Waals surface area contributed by atoms with Gasteiger partial charge in [-0.1, -0.05) is 0 Å². The molecule has 1 amide bonds. The first-order chi connectivity index (χ1) is 13.5. The zero-order chi connectivity index (χ0) is 20.4. The maximum atomic E-state index is 12.5. The third kappa shape index (κ3) is 6.87. The van der Waals surface area contributed by atoms with Gasteiger partial charge in [0, 0.05) is 30.4 Å². The van der Waals surface area contributed by atoms with Crippen molar-refractivity contribution in [3.8, 4) is 5.75 Å². The third-order valence-corrected chi connectivity index (χ3v) is 4.03. The lowest BCUT2D eigenvalue weighted by molar-refractivity contribution is -0.123. The molecule has 0 heterocycles. The lowest BCUT2D eigenvalue weighted by Crippen LogP contribution is -2.13. The number of ether oxygens (including phenoxy) is 1. The largest absolute Gasteiger partial charge is 0.494 e. The van der Waals surface area contributed by atoms with Crippen molar-refractivity contribution < 1.29 is 19.1 Å². The highest BCUT2D eigenvalue weighted by Crippen LogP contribution is 2.18. The van der Waals surface area contributed by atoms with Crippen molar-refractivity contribution in [2.45, 2.75) is 25.7 Å². The molecule has 0 spiro atoms. The van der Waals surface area contributed by atoms with E-state index in [-0.39, 0.29) is 24.4 Å². The van der Waals surface area contributed by atoms with Crippen molar-refractivity contribution >= 4 is 40.5 Å². The van der Waals surface area contributed by atoms with E-state index in [4.69, 9.17) is 10.5 Å². The fourth-order valence-electron chi connectivity index (χ4n) is 2.46. The molecular formula is C21H20N2O4S. The van der Waals surface area contributed by atoms with E-state index in [9.17, 15) is 14.4 Å². The number of ketones is 2. The number of thiocarbonyl (C=S) groups is 1. The number of rotatable bonds is 11. The molecule has 2 rings (SSSR count). The number of nitrogens with two attached hydrogens (primary N) is 1. The van der Waals surface area contributed by atoms with Crippen LogP contribution in [0.15, 0.2) is 53.5 Å². The Morgan fingerprint density at radius 1 is 0.929 bits per heavy atom. The fourth-order valence-corrected chi connectivity index (χ4v) is 2.56. The molecular weight excluding hydrogens is 376 g/mol. The number of isothiocyanates is 1. The van der Waals surface area contributed by atoms with Crippen LogP contribution in [-0.2, 0) is 9.59 Å². The van der Waals surface area contributed by atoms with E-state index < -0.39 is 5.91 Å². The van der Waals surface area contributed by atoms with Crippen molar-refractivity contribution in [1.29, 1.82) is 0 Å². The molecule has 0 unspecified atom stereocenters. The summed E-state index contributed by atoms with van der Waals surface area (Å²) >= 11 is 4.55. The van der Waals surface area contributed by atoms with Crippen LogP contribution in [0.2, 0.25) is 0 Å². The number of benzene rings is 2. The molecule has 2 aromatic carbocycles. The Labute approximate surface area is 168 Å². The first-order valence-corrected chi connectivity index (χ1v) is 9.16. The summed E-state index contributed by atoms with van der Waals surface area (Å²) in [5.41, 5.74) is 6.74. The Bertz CT molecular complexity index is 886. The van der Waals surface area contributed by atoms with E-state index >= 15 is 0 Å². The lowest BCUT2D eigenvalue weighted by Gasteiger charge is -2.07. The first kappa shape index (κ1) is 21.2. The van der Waals surface area contributed by atoms with Crippen molar-refractivity contribution in [1.82, 2.24) is 0 Å². The number of aliphatic imine (C=N–C) groups is 1. The van der Waals surface area contributed by atoms with Gasteiger partial charge in [0.1, 0.15) is 11.5 Å². The van der Waals surface area contributed by atoms with Crippen molar-refractivity contribution in [2.24, 2.45) is 10.7 Å². The summed E-state index contributed by atoms with van der Waals surface area (Å²) in [7, 11) is 0. The van der Waals surface area contributed by atoms with Gasteiger partial charge in [-0.15, -0.1) is 0 Å². The Hall–Kier alpha value is -3.15. The van der Waals surface area contributed by atoms with Gasteiger partial charge in [-0.25, -0.2) is 0 Å². The van der Waals surface area contributed by atoms with E-state index in [0.717, 1.165) is 0 Å². The van der Waals surface area contributed by atoms with E-state index in [1.165, 1.54) is 0 Å². The molecule has 2 N–H and O–H groups in total. The smallest absolute Gasteiger partial charge is 0.217 e. The summed E-state index contributed by atoms with van der Waals surface area (Å²) < 4.78 is 5.58. The number of carbonyl (C=O) groups excluding carboxylic acids is 3. The van der Waals surface area contributed by atoms with E-state index in [2.05, 4.69) is 22.4 Å². The SMILES string of the molecule is NC(=O)CCC(=O)CCCOc1ccc(C(=O)c2ccc(N=C=S)cc2)cc1. The number of amides is 1. The molecule has 144 valence electrons. The van der Waals surface area contributed by atoms with Crippen LogP contribution in [0, 0.1) is 0 Å². The van der Waals surface area contributed by atoms with E-state index in [0.29, 0.717) is 42.0 Å². The number of primary amides is 1. The van der Waals surface area contributed by atoms with Crippen LogP contribution in [0.3, 0.4) is 0 Å². The summed E-state index contributed by atoms with van der Waals surface area (Å²) in [4.78, 5) is 38.5. The topological polar surface area (TPSA) is 98.8 Å². The second kappa shape index (κ2) is 10.9. The van der Waals surface area contributed by atoms with Gasteiger partial charge >= 0.3 is 0 Å². The molecule has 0 saturated carbocycles. The zero-order valence-electron chi connectivity index (χ0n) is 15.2. The fraction of sp³-hybridized carbons (Fsp3) is 0.238. The van der Waals surface area contributed by atoms with Gasteiger partial charge in [-0.2, -0.15) is 4.99 Å². The molecule has 7 heteroatoms. The Morgan fingerprint density at radius 3 is 2.11 bits per heavy atom. The Morgan fingerprint density at radius 2 is 1.54 bits per heavy atom. The molecule has 0 atom stereocenters. The highest BCUT2D eigenvalue weighted by atomic mass is 32.1. The normalized spacial score (nSPS) is 10.0. The van der Waals surface area contributed by atoms with Crippen LogP contribution in [-0.4, -0.2) is 29.2 Å². The minimum atomic E-state index is -0.473. The average molecular weight is 396 g/mol. The average Bonchev–Trinajstić information content (AvgIpc) is 2.70. The Kier molecular flexibility index (Phi) is 8.21. The molecule has 0 radical (unpaired) electrons. The highest BCUT2D eigenvalue weighted by Gasteiger charge is 2.09. The maximum absolute atomic E-state index is 12.5. The van der Waals surface area contributed by atoms with Gasteiger partial charge in [0.2, 0.25) is 5.91 Å². The summed E-state index contributed by atoms with van der Waals surface area (Å²) in [6.07, 6.45) is 1.14. The number of hydrogen-bond donors (Lipinski definition) is 1. The monoisotopic (exact) mass is 396 g/mol. The predicted molar refractivity (Wildman–Crippen MR) is 109 cm³/mol. The van der Waals surface area contributed by atoms with E-state index in [1.807, 2.05) is 0 Å². The quantitative estimate of drug-likeness (QED) is 0.271. The van der Waals surface area contributed by atoms with Crippen LogP contribution in [0.25, 0.3) is 0 Å². The molecule has 0 saturated heterocycles. The van der Waals surface area contributed by atoms with Gasteiger partial charge in [-0.3, -0.25) is 14.4 Å². The molecule has 0 aliphatic heterocycles. The molecule has 28 heavy (non-hydrogen) atoms. The molecule has 0 aliphatic rings. The lowest BCUT2D eigenvalue weighted by atomic mass is 10.0. The Balaban J connectivity index is 1.82. The van der Waals surface area contributed by atoms with Gasteiger partial charge in [-0.05, 0) is 67.2 Å². The predicted octanol–water partition coefficient (Wildman–Crippen LogP) is 3.65. The first-order valence-electron chi connectivity index (χ1n) is 8.75. The summed E-state index contributed by atoms with van der Waals surface area (Å²) in [5, 5.41) is 2.28. The number of hydrogen-bond acceptors (Lipinski definition) is 6. The van der Waals surface area contributed by atoms with Crippen LogP contribution >= 0.6 is 12.2 Å². The standard InChI is InChI=1S/C21H20N2O4S/c22-20(25)12-9-18(24)2-1-13-27-19-10-5-16(6-11-19)21(26)15-3-7-17(8-4-15)23-14-28/h3-8,10-11H,1-2,9,12-13H2,(H2,22,25). The van der Waals surface area contributed by atoms with Crippen LogP contribution in [0.1, 0.15) is 41.6 Å². The number of nitrogens with zero attached hydrogens (tertiary/aromatic N) is 1. The third-order valence-electron chi connectivity index (χ3n) is 3.94. The molecule has 0 aliphatic carbocycles. The van der Waals surface area contributed by atoms with Gasteiger partial charge < -0.3 is 10.5 Å². The highest BCUT2D eigenvalue weighted by molar-refractivity contribution is 7.78. The van der Waals surface area contributed by atoms with Crippen LogP contribution in [0.4, 0.5) is 5.69 Å². The number of carbonyl (C=O) groups is 3. The van der Waals surface area contributed by atoms with Crippen molar-refractivity contribution in [3.05, 3.63) is 59.7 Å². The second-order valence-electron chi connectivity index (χ2n) is 6.06. The van der Waals surface area contributed by atoms with Gasteiger partial charge in [0.15, 0.2) is 5.78 Å². The maximum Gasteiger partial charge on any atom is 0.217 e. The molecule has 0 fully saturated rings. The van der Waals surface area contributed by atoms with Crippen LogP contribution < -0.4 is 10.5 Å². The van der Waals surface area contributed by atoms with Crippen molar-refractivity contribution in [3.63, 3.8) is 0 Å². The number of Topliss-reactive ketones (excluding diaryl/α,β-unsaturated/α-hetero) is 1. The summed E-state index contributed by atoms with van der Waals surface area (Å²) in [5.74, 6) is 0.0283. The molecule has 0 bridgehead atoms. The van der Waals surface area contributed by atoms with Crippen LogP contribution in [0.5, 0.6) is 5.75 Å². The van der Waals surface area contributed by atoms with Gasteiger partial charge in [0.25, 0.3) is 0 Å². The molecule has 6 nitrogen and oxygen atoms in total. The summed E-state index contributed by atoms with van der Waals surface area (Å²) in [6, 6.07) is 13.6. The molecule has 0 aromatic heterocycles. The van der Waals surface area contributed by atoms with Gasteiger partial charge in [0.05, 0.1) is 17.5 Å². The van der Waals surface area contributed by atoms with Crippen molar-refractivity contribution in [2.75, 3.05) is 6.61 Å². The van der Waals surface area contributed by atoms with E-state index in [1.54, 1.807) is 48.5 Å². The minimum Gasteiger partial charge on any atom is -0.494 e. The zero-order valence-corrected chi connectivity index (χ0v) is 16.0. The minimum absolute atomic E-state index is 0.00865. The second-order valence-corrected chi connectivity index (χ2v) is 6.24. The molecule has 2 aromatic rings. The summed E-state index contributed by atoms with van der Waals surface area (Å²) in [6.45, 7) is 0.372.